The van der Waals surface area contributed by atoms with Crippen LogP contribution in [0.1, 0.15) is 48.1 Å². The number of nitrogens with one attached hydrogen (secondary N) is 2. The van der Waals surface area contributed by atoms with E-state index < -0.39 is 117 Å². The zero-order valence-corrected chi connectivity index (χ0v) is 32.0. The number of amides is 3. The number of benzene rings is 3. The van der Waals surface area contributed by atoms with Gasteiger partial charge in [-0.15, -0.1) is 0 Å². The number of halogens is 8. The molecule has 0 radical (unpaired) electrons. The van der Waals surface area contributed by atoms with Crippen LogP contribution in [0, 0.1) is 5.92 Å². The highest BCUT2D eigenvalue weighted by Gasteiger charge is 2.52. The van der Waals surface area contributed by atoms with Crippen molar-refractivity contribution in [2.75, 3.05) is 13.7 Å². The number of methoxy groups -OCH3 is 1. The molecule has 0 bridgehead atoms. The molecule has 1 heterocycles. The van der Waals surface area contributed by atoms with E-state index >= 15 is 8.78 Å². The smallest absolute Gasteiger partial charge is 0.452 e. The number of rotatable bonds is 15. The van der Waals surface area contributed by atoms with Crippen LogP contribution in [0.5, 0.6) is 5.75 Å². The van der Waals surface area contributed by atoms with Crippen LogP contribution in [0.25, 0.3) is 0 Å². The second kappa shape index (κ2) is 17.8. The first kappa shape index (κ1) is 45.6. The highest BCUT2D eigenvalue weighted by atomic mass is 32.2. The summed E-state index contributed by atoms with van der Waals surface area (Å²) in [5.74, 6) is -13.8. The fourth-order valence-corrected chi connectivity index (χ4v) is 8.16. The molecule has 0 spiro atoms. The molecule has 0 saturated carbocycles. The number of sulfone groups is 1. The Kier molecular flexibility index (Phi) is 14.0. The van der Waals surface area contributed by atoms with Crippen molar-refractivity contribution in [3.63, 3.8) is 0 Å². The molecule has 1 fully saturated rings. The molecule has 11 nitrogen and oxygen atoms in total. The molecular formula is C38H40F8N4O7S. The zero-order valence-electron chi connectivity index (χ0n) is 31.2. The summed E-state index contributed by atoms with van der Waals surface area (Å²) in [6.45, 7) is 1.61. The molecule has 4 N–H and O–H groups in total. The number of likely N-dealkylation sites (tertiary alicyclic amines) is 1. The van der Waals surface area contributed by atoms with Crippen LogP contribution in [-0.4, -0.2) is 80.0 Å². The molecule has 4 rings (SSSR count). The summed E-state index contributed by atoms with van der Waals surface area (Å²) in [5.41, 5.74) is 3.07. The van der Waals surface area contributed by atoms with Gasteiger partial charge in [0.05, 0.1) is 29.7 Å². The van der Waals surface area contributed by atoms with E-state index in [9.17, 15) is 53.9 Å². The van der Waals surface area contributed by atoms with Crippen molar-refractivity contribution in [1.82, 2.24) is 15.5 Å². The number of hydrogen-bond acceptors (Lipinski definition) is 8. The van der Waals surface area contributed by atoms with Gasteiger partial charge in [-0.25, -0.2) is 8.42 Å². The number of hydrogen-bond donors (Lipinski definition) is 3. The summed E-state index contributed by atoms with van der Waals surface area (Å²) < 4.78 is 146. The zero-order chi connectivity index (χ0) is 43.4. The lowest BCUT2D eigenvalue weighted by molar-refractivity contribution is -0.175. The van der Waals surface area contributed by atoms with Crippen LogP contribution in [-0.2, 0) is 59.8 Å². The van der Waals surface area contributed by atoms with E-state index in [0.29, 0.717) is 28.3 Å². The Morgan fingerprint density at radius 2 is 1.38 bits per heavy atom. The average molecular weight is 849 g/mol. The summed E-state index contributed by atoms with van der Waals surface area (Å²) in [6, 6.07) is 7.67. The summed E-state index contributed by atoms with van der Waals surface area (Å²) in [4.78, 5) is 54.4. The summed E-state index contributed by atoms with van der Waals surface area (Å²) in [7, 11) is -2.95. The molecule has 20 heteroatoms. The Balaban J connectivity index is 1.77. The lowest BCUT2D eigenvalue weighted by atomic mass is 9.98. The lowest BCUT2D eigenvalue weighted by Crippen LogP contribution is -2.58. The molecule has 58 heavy (non-hydrogen) atoms. The van der Waals surface area contributed by atoms with Crippen molar-refractivity contribution in [3.8, 4) is 5.75 Å². The van der Waals surface area contributed by atoms with Crippen molar-refractivity contribution >= 4 is 33.3 Å². The predicted octanol–water partition coefficient (Wildman–Crippen LogP) is 4.85. The van der Waals surface area contributed by atoms with Crippen molar-refractivity contribution in [3.05, 3.63) is 101 Å². The molecule has 0 aromatic heterocycles. The molecule has 0 aliphatic carbocycles. The number of nitrogens with zero attached hydrogens (tertiary/aromatic N) is 1. The van der Waals surface area contributed by atoms with Gasteiger partial charge in [-0.2, -0.15) is 35.1 Å². The number of carbonyl (C=O) groups excluding carboxylic acids is 4. The van der Waals surface area contributed by atoms with Gasteiger partial charge in [0.15, 0.2) is 9.84 Å². The van der Waals surface area contributed by atoms with Gasteiger partial charge < -0.3 is 26.0 Å². The minimum atomic E-state index is -5.41. The molecule has 4 atom stereocenters. The Hall–Kier alpha value is -5.11. The van der Waals surface area contributed by atoms with Crippen LogP contribution >= 0.6 is 0 Å². The molecule has 3 aromatic rings. The number of nitrogens with two attached hydrogens (primary N) is 1. The summed E-state index contributed by atoms with van der Waals surface area (Å²) in [5, 5.41) is 2.14. The summed E-state index contributed by atoms with van der Waals surface area (Å²) in [6.07, 6.45) is -12.1. The van der Waals surface area contributed by atoms with E-state index in [1.807, 2.05) is 5.32 Å². The highest BCUT2D eigenvalue weighted by Crippen LogP contribution is 2.40. The number of ether oxygens (including phenoxy) is 1. The number of carbonyl (C=O) groups is 4. The fourth-order valence-electron chi connectivity index (χ4n) is 6.41. The Morgan fingerprint density at radius 1 is 0.828 bits per heavy atom. The van der Waals surface area contributed by atoms with E-state index in [1.54, 1.807) is 5.32 Å². The van der Waals surface area contributed by atoms with Gasteiger partial charge >= 0.3 is 18.3 Å². The second-order valence-corrected chi connectivity index (χ2v) is 16.3. The van der Waals surface area contributed by atoms with Gasteiger partial charge in [-0.3, -0.25) is 19.2 Å². The third-order valence-electron chi connectivity index (χ3n) is 9.57. The lowest BCUT2D eigenvalue weighted by Gasteiger charge is -2.31. The quantitative estimate of drug-likeness (QED) is 0.183. The van der Waals surface area contributed by atoms with Gasteiger partial charge in [0, 0.05) is 25.1 Å². The number of ketones is 1. The van der Waals surface area contributed by atoms with E-state index in [2.05, 4.69) is 0 Å². The highest BCUT2D eigenvalue weighted by molar-refractivity contribution is 7.91. The Labute approximate surface area is 328 Å². The maximum Gasteiger partial charge on any atom is 0.452 e. The molecule has 0 unspecified atom stereocenters. The van der Waals surface area contributed by atoms with Gasteiger partial charge in [0.25, 0.3) is 11.7 Å². The average Bonchev–Trinajstić information content (AvgIpc) is 3.63. The first-order valence-corrected chi connectivity index (χ1v) is 19.3. The molecule has 1 aliphatic rings. The monoisotopic (exact) mass is 848 g/mol. The molecule has 3 aromatic carbocycles. The van der Waals surface area contributed by atoms with E-state index in [4.69, 9.17) is 10.5 Å². The van der Waals surface area contributed by atoms with E-state index in [1.165, 1.54) is 69.5 Å². The van der Waals surface area contributed by atoms with Gasteiger partial charge in [0.2, 0.25) is 11.8 Å². The van der Waals surface area contributed by atoms with Crippen LogP contribution in [0.3, 0.4) is 0 Å². The predicted molar refractivity (Wildman–Crippen MR) is 193 cm³/mol. The number of Topliss-reactive ketones (excluding diaryl/α,β-unsaturated/α-hetero) is 1. The van der Waals surface area contributed by atoms with Gasteiger partial charge in [-0.1, -0.05) is 68.4 Å². The van der Waals surface area contributed by atoms with Crippen molar-refractivity contribution in [1.29, 1.82) is 0 Å². The maximum absolute atomic E-state index is 15.7. The van der Waals surface area contributed by atoms with Crippen molar-refractivity contribution < 1.29 is 67.5 Å². The van der Waals surface area contributed by atoms with Crippen molar-refractivity contribution in [2.24, 2.45) is 11.7 Å². The molecule has 316 valence electrons. The Bertz CT molecular complexity index is 2080. The summed E-state index contributed by atoms with van der Waals surface area (Å²) >= 11 is 0. The van der Waals surface area contributed by atoms with Crippen LogP contribution in [0.2, 0.25) is 0 Å². The van der Waals surface area contributed by atoms with E-state index in [0.717, 1.165) is 12.1 Å². The molecule has 1 aliphatic heterocycles. The van der Waals surface area contributed by atoms with Gasteiger partial charge in [0.1, 0.15) is 17.8 Å². The number of alkyl halides is 8. The maximum atomic E-state index is 15.7. The third kappa shape index (κ3) is 10.7. The van der Waals surface area contributed by atoms with Crippen LogP contribution in [0.15, 0.2) is 72.8 Å². The van der Waals surface area contributed by atoms with E-state index in [-0.39, 0.29) is 17.7 Å². The largest absolute Gasteiger partial charge is 0.497 e. The third-order valence-corrected chi connectivity index (χ3v) is 11.7. The topological polar surface area (TPSA) is 165 Å². The SMILES string of the molecule is COc1ccc(CS(=O)(=O)[C@@H]2C[C@@H](C(=O)N[C@H](C(=O)C(F)(F)F)C(C)C)N(C(=O)[C@H](Cc3ccc(CN)cc3)NC(=O)C(F)(F)c3ccccc3C(F)(F)F)C2)cc1. The molecule has 1 saturated heterocycles. The minimum absolute atomic E-state index is 0.0649. The van der Waals surface area contributed by atoms with Gasteiger partial charge in [-0.05, 0) is 47.2 Å². The standard InChI is InChI=1S/C38H40F8N4O7S/c1-21(2)31(32(51)38(44,45)46)49-33(52)30-17-26(58(55,56)20-24-12-14-25(57-3)15-13-24)19-50(30)34(53)29(16-22-8-10-23(18-47)11-9-22)48-35(54)36(39,40)27-6-4-5-7-28(27)37(41,42)43/h4-15,21,26,29-31H,16-20,47H2,1-3H3,(H,48,54)(H,49,52)/t26-,29+,30+,31+/m1/s1. The Morgan fingerprint density at radius 3 is 1.90 bits per heavy atom. The second-order valence-electron chi connectivity index (χ2n) is 14.0. The van der Waals surface area contributed by atoms with Crippen LogP contribution < -0.4 is 21.1 Å². The first-order valence-electron chi connectivity index (χ1n) is 17.6. The fraction of sp³-hybridized carbons (Fsp3) is 0.421. The molecule has 3 amide bonds. The minimum Gasteiger partial charge on any atom is -0.497 e. The van der Waals surface area contributed by atoms with Crippen molar-refractivity contribution in [2.45, 2.75) is 80.6 Å². The normalized spacial score (nSPS) is 17.4. The van der Waals surface area contributed by atoms with Crippen LogP contribution in [0.4, 0.5) is 35.1 Å². The molecular weight excluding hydrogens is 808 g/mol. The first-order chi connectivity index (χ1) is 26.9.